The van der Waals surface area contributed by atoms with Gasteiger partial charge in [-0.05, 0) is 49.3 Å². The Kier molecular flexibility index (Phi) is 4.97. The molecule has 2 saturated carbocycles. The maximum absolute atomic E-state index is 13.3. The van der Waals surface area contributed by atoms with Crippen LogP contribution in [-0.4, -0.2) is 12.6 Å². The van der Waals surface area contributed by atoms with Crippen LogP contribution < -0.4 is 5.32 Å². The lowest BCUT2D eigenvalue weighted by molar-refractivity contribution is 0.396. The van der Waals surface area contributed by atoms with Crippen LogP contribution in [-0.2, 0) is 0 Å². The van der Waals surface area contributed by atoms with Gasteiger partial charge in [0.15, 0.2) is 0 Å². The lowest BCUT2D eigenvalue weighted by atomic mass is 9.83. The van der Waals surface area contributed by atoms with Crippen molar-refractivity contribution in [2.45, 2.75) is 51.0 Å². The van der Waals surface area contributed by atoms with E-state index in [-0.39, 0.29) is 10.8 Å². The van der Waals surface area contributed by atoms with Crippen LogP contribution in [0.5, 0.6) is 0 Å². The predicted octanol–water partition coefficient (Wildman–Crippen LogP) is 5.19. The summed E-state index contributed by atoms with van der Waals surface area (Å²) in [6, 6.07) is 5.73. The molecule has 2 aliphatic rings. The highest BCUT2D eigenvalue weighted by Gasteiger charge is 2.23. The smallest absolute Gasteiger partial charge is 0.141 e. The number of halogens is 2. The van der Waals surface area contributed by atoms with E-state index in [1.807, 2.05) is 6.07 Å². The van der Waals surface area contributed by atoms with Crippen LogP contribution >= 0.6 is 11.6 Å². The molecule has 114 valence electrons. The maximum Gasteiger partial charge on any atom is 0.141 e. The monoisotopic (exact) mass is 307 g/mol. The molecule has 2 fully saturated rings. The molecule has 0 amide bonds. The summed E-state index contributed by atoms with van der Waals surface area (Å²) in [6.45, 7) is 0.963. The molecule has 21 heavy (non-hydrogen) atoms. The fraction of sp³-hybridized carbons (Fsp3) is 0.556. The van der Waals surface area contributed by atoms with Gasteiger partial charge in [0, 0.05) is 12.6 Å². The number of hydrogen-bond donors (Lipinski definition) is 1. The van der Waals surface area contributed by atoms with Gasteiger partial charge in [-0.15, -0.1) is 0 Å². The van der Waals surface area contributed by atoms with Gasteiger partial charge < -0.3 is 5.32 Å². The summed E-state index contributed by atoms with van der Waals surface area (Å²) in [5.74, 6) is 0.331. The average molecular weight is 308 g/mol. The predicted molar refractivity (Wildman–Crippen MR) is 87.0 cm³/mol. The van der Waals surface area contributed by atoms with E-state index in [2.05, 4.69) is 11.4 Å². The SMILES string of the molecule is Fc1ccc(/C=C(/CNC2CC2)C2CCCCC2)cc1Cl. The molecule has 2 aliphatic carbocycles. The molecular formula is C18H23ClFN. The highest BCUT2D eigenvalue weighted by Crippen LogP contribution is 2.31. The minimum atomic E-state index is -0.343. The third-order valence-corrected chi connectivity index (χ3v) is 4.89. The van der Waals surface area contributed by atoms with E-state index in [4.69, 9.17) is 11.6 Å². The normalized spacial score (nSPS) is 20.8. The highest BCUT2D eigenvalue weighted by molar-refractivity contribution is 6.30. The van der Waals surface area contributed by atoms with Gasteiger partial charge in [0.05, 0.1) is 5.02 Å². The lowest BCUT2D eigenvalue weighted by Crippen LogP contribution is -2.24. The van der Waals surface area contributed by atoms with Crippen LogP contribution in [0.3, 0.4) is 0 Å². The molecule has 0 heterocycles. The van der Waals surface area contributed by atoms with Gasteiger partial charge in [-0.25, -0.2) is 4.39 Å². The Bertz CT molecular complexity index is 516. The van der Waals surface area contributed by atoms with Crippen LogP contribution in [0.2, 0.25) is 5.02 Å². The molecule has 0 radical (unpaired) electrons. The topological polar surface area (TPSA) is 12.0 Å². The Hall–Kier alpha value is -0.860. The van der Waals surface area contributed by atoms with E-state index in [1.54, 1.807) is 6.07 Å². The first-order valence-corrected chi connectivity index (χ1v) is 8.49. The van der Waals surface area contributed by atoms with Crippen molar-refractivity contribution in [3.05, 3.63) is 40.2 Å². The summed E-state index contributed by atoms with van der Waals surface area (Å²) < 4.78 is 13.3. The zero-order valence-electron chi connectivity index (χ0n) is 12.4. The Balaban J connectivity index is 1.77. The maximum atomic E-state index is 13.3. The molecule has 1 aromatic rings. The average Bonchev–Trinajstić information content (AvgIpc) is 3.32. The molecule has 0 unspecified atom stereocenters. The standard InChI is InChI=1S/C18H23ClFN/c19-17-11-13(6-9-18(17)20)10-15(12-21-16-7-8-16)14-4-2-1-3-5-14/h6,9-11,14,16,21H,1-5,7-8,12H2/b15-10-. The number of benzene rings is 1. The van der Waals surface area contributed by atoms with Gasteiger partial charge in [0.25, 0.3) is 0 Å². The van der Waals surface area contributed by atoms with Gasteiger partial charge in [-0.3, -0.25) is 0 Å². The van der Waals surface area contributed by atoms with E-state index in [1.165, 1.54) is 56.6 Å². The molecule has 3 heteroatoms. The third kappa shape index (κ3) is 4.31. The first-order valence-electron chi connectivity index (χ1n) is 8.11. The van der Waals surface area contributed by atoms with Crippen molar-refractivity contribution in [1.29, 1.82) is 0 Å². The zero-order chi connectivity index (χ0) is 14.7. The molecule has 0 atom stereocenters. The minimum Gasteiger partial charge on any atom is -0.310 e. The molecule has 3 rings (SSSR count). The van der Waals surface area contributed by atoms with Crippen molar-refractivity contribution < 1.29 is 4.39 Å². The van der Waals surface area contributed by atoms with E-state index in [0.29, 0.717) is 12.0 Å². The molecular weight excluding hydrogens is 285 g/mol. The zero-order valence-corrected chi connectivity index (χ0v) is 13.1. The fourth-order valence-electron chi connectivity index (χ4n) is 3.15. The van der Waals surface area contributed by atoms with Crippen LogP contribution in [0, 0.1) is 11.7 Å². The molecule has 0 bridgehead atoms. The fourth-order valence-corrected chi connectivity index (χ4v) is 3.34. The molecule has 1 aromatic carbocycles. The van der Waals surface area contributed by atoms with Crippen molar-refractivity contribution in [2.24, 2.45) is 5.92 Å². The van der Waals surface area contributed by atoms with Crippen LogP contribution in [0.1, 0.15) is 50.5 Å². The van der Waals surface area contributed by atoms with Gasteiger partial charge in [0.1, 0.15) is 5.82 Å². The Morgan fingerprint density at radius 2 is 1.95 bits per heavy atom. The van der Waals surface area contributed by atoms with E-state index < -0.39 is 0 Å². The van der Waals surface area contributed by atoms with E-state index in [9.17, 15) is 4.39 Å². The summed E-state index contributed by atoms with van der Waals surface area (Å²) in [4.78, 5) is 0. The highest BCUT2D eigenvalue weighted by atomic mass is 35.5. The van der Waals surface area contributed by atoms with Crippen molar-refractivity contribution in [2.75, 3.05) is 6.54 Å². The summed E-state index contributed by atoms with van der Waals surface area (Å²) >= 11 is 5.90. The molecule has 0 aliphatic heterocycles. The molecule has 1 N–H and O–H groups in total. The van der Waals surface area contributed by atoms with Crippen molar-refractivity contribution in [3.63, 3.8) is 0 Å². The van der Waals surface area contributed by atoms with Gasteiger partial charge >= 0.3 is 0 Å². The summed E-state index contributed by atoms with van der Waals surface area (Å²) in [5, 5.41) is 3.83. The molecule has 0 spiro atoms. The second-order valence-corrected chi connectivity index (χ2v) is 6.79. The van der Waals surface area contributed by atoms with Crippen LogP contribution in [0.25, 0.3) is 6.08 Å². The number of rotatable bonds is 5. The van der Waals surface area contributed by atoms with Crippen molar-refractivity contribution >= 4 is 17.7 Å². The summed E-state index contributed by atoms with van der Waals surface area (Å²) in [7, 11) is 0. The second-order valence-electron chi connectivity index (χ2n) is 6.38. The van der Waals surface area contributed by atoms with Crippen molar-refractivity contribution in [3.8, 4) is 0 Å². The van der Waals surface area contributed by atoms with E-state index in [0.717, 1.165) is 12.1 Å². The van der Waals surface area contributed by atoms with Gasteiger partial charge in [0.2, 0.25) is 0 Å². The number of hydrogen-bond acceptors (Lipinski definition) is 1. The second kappa shape index (κ2) is 6.93. The third-order valence-electron chi connectivity index (χ3n) is 4.60. The Morgan fingerprint density at radius 1 is 1.19 bits per heavy atom. The molecule has 0 saturated heterocycles. The number of nitrogens with one attached hydrogen (secondary N) is 1. The van der Waals surface area contributed by atoms with Crippen molar-refractivity contribution in [1.82, 2.24) is 5.32 Å². The summed E-state index contributed by atoms with van der Waals surface area (Å²) in [6.07, 6.45) is 11.4. The Morgan fingerprint density at radius 3 is 2.62 bits per heavy atom. The largest absolute Gasteiger partial charge is 0.310 e. The van der Waals surface area contributed by atoms with Gasteiger partial charge in [-0.1, -0.05) is 48.6 Å². The first-order chi connectivity index (χ1) is 10.2. The first kappa shape index (κ1) is 15.1. The quantitative estimate of drug-likeness (QED) is 0.789. The van der Waals surface area contributed by atoms with Crippen LogP contribution in [0.4, 0.5) is 4.39 Å². The van der Waals surface area contributed by atoms with E-state index >= 15 is 0 Å². The van der Waals surface area contributed by atoms with Crippen LogP contribution in [0.15, 0.2) is 23.8 Å². The minimum absolute atomic E-state index is 0.210. The lowest BCUT2D eigenvalue weighted by Gasteiger charge is -2.25. The van der Waals surface area contributed by atoms with Gasteiger partial charge in [-0.2, -0.15) is 0 Å². The summed E-state index contributed by atoms with van der Waals surface area (Å²) in [5.41, 5.74) is 2.48. The molecule has 1 nitrogen and oxygen atoms in total. The molecule has 0 aromatic heterocycles. The Labute approximate surface area is 131 Å².